The number of likely N-dealkylation sites (tertiary alicyclic amines) is 1. The number of nitrogens with zero attached hydrogens (tertiary/aromatic N) is 1. The van der Waals surface area contributed by atoms with E-state index < -0.39 is 6.10 Å². The number of rotatable bonds is 5. The zero-order valence-corrected chi connectivity index (χ0v) is 16.4. The lowest BCUT2D eigenvalue weighted by atomic mass is 10.1. The molecular formula is C17H26Cl3N3O2. The summed E-state index contributed by atoms with van der Waals surface area (Å²) in [5, 5.41) is 16.4. The Morgan fingerprint density at radius 1 is 1.36 bits per heavy atom. The molecule has 0 radical (unpaired) electrons. The molecule has 3 rings (SSSR count). The molecule has 0 spiro atoms. The summed E-state index contributed by atoms with van der Waals surface area (Å²) in [6, 6.07) is 7.73. The number of amides is 1. The van der Waals surface area contributed by atoms with Crippen LogP contribution in [-0.4, -0.2) is 54.2 Å². The van der Waals surface area contributed by atoms with Crippen molar-refractivity contribution in [3.05, 3.63) is 34.9 Å². The summed E-state index contributed by atoms with van der Waals surface area (Å²) in [6.45, 7) is 3.15. The highest BCUT2D eigenvalue weighted by Crippen LogP contribution is 2.26. The summed E-state index contributed by atoms with van der Waals surface area (Å²) in [5.74, 6) is -0.0345. The van der Waals surface area contributed by atoms with Gasteiger partial charge in [0.25, 0.3) is 0 Å². The third-order valence-corrected chi connectivity index (χ3v) is 4.94. The van der Waals surface area contributed by atoms with Gasteiger partial charge in [0.15, 0.2) is 0 Å². The first-order chi connectivity index (χ1) is 11.1. The van der Waals surface area contributed by atoms with Crippen LogP contribution >= 0.6 is 36.4 Å². The highest BCUT2D eigenvalue weighted by Gasteiger charge is 2.29. The average Bonchev–Trinajstić information content (AvgIpc) is 3.19. The predicted molar refractivity (Wildman–Crippen MR) is 105 cm³/mol. The van der Waals surface area contributed by atoms with Gasteiger partial charge in [-0.25, -0.2) is 0 Å². The Kier molecular flexibility index (Phi) is 9.49. The Bertz CT molecular complexity index is 556. The van der Waals surface area contributed by atoms with E-state index in [-0.39, 0.29) is 42.8 Å². The van der Waals surface area contributed by atoms with Crippen molar-refractivity contribution in [1.82, 2.24) is 15.5 Å². The lowest BCUT2D eigenvalue weighted by Gasteiger charge is -2.28. The normalized spacial score (nSPS) is 24.2. The van der Waals surface area contributed by atoms with Crippen LogP contribution in [0.5, 0.6) is 0 Å². The third-order valence-electron chi connectivity index (χ3n) is 4.71. The second-order valence-corrected chi connectivity index (χ2v) is 6.85. The van der Waals surface area contributed by atoms with E-state index in [1.54, 1.807) is 0 Å². The second kappa shape index (κ2) is 10.6. The van der Waals surface area contributed by atoms with Crippen molar-refractivity contribution in [2.24, 2.45) is 0 Å². The molecule has 2 heterocycles. The lowest BCUT2D eigenvalue weighted by molar-refractivity contribution is -0.123. The Labute approximate surface area is 166 Å². The molecule has 142 valence electrons. The van der Waals surface area contributed by atoms with Gasteiger partial charge in [0, 0.05) is 18.1 Å². The molecule has 0 bridgehead atoms. The average molecular weight is 411 g/mol. The van der Waals surface area contributed by atoms with Crippen molar-refractivity contribution in [1.29, 1.82) is 0 Å². The summed E-state index contributed by atoms with van der Waals surface area (Å²) in [7, 11) is 0. The number of halogens is 3. The van der Waals surface area contributed by atoms with Gasteiger partial charge in [0.2, 0.25) is 5.91 Å². The summed E-state index contributed by atoms with van der Waals surface area (Å²) < 4.78 is 0. The molecule has 1 aromatic rings. The van der Waals surface area contributed by atoms with Crippen LogP contribution in [0.3, 0.4) is 0 Å². The molecule has 3 N–H and O–H groups in total. The van der Waals surface area contributed by atoms with Crippen LogP contribution in [0.25, 0.3) is 0 Å². The quantitative estimate of drug-likeness (QED) is 0.696. The van der Waals surface area contributed by atoms with Crippen LogP contribution in [0.15, 0.2) is 24.3 Å². The van der Waals surface area contributed by atoms with E-state index in [2.05, 4.69) is 21.6 Å². The van der Waals surface area contributed by atoms with E-state index in [0.717, 1.165) is 23.7 Å². The summed E-state index contributed by atoms with van der Waals surface area (Å²) in [4.78, 5) is 14.7. The smallest absolute Gasteiger partial charge is 0.237 e. The zero-order valence-electron chi connectivity index (χ0n) is 14.0. The largest absolute Gasteiger partial charge is 0.392 e. The van der Waals surface area contributed by atoms with E-state index in [0.29, 0.717) is 19.5 Å². The van der Waals surface area contributed by atoms with Gasteiger partial charge in [0.1, 0.15) is 0 Å². The number of carbonyl (C=O) groups excluding carboxylic acids is 1. The molecular weight excluding hydrogens is 385 g/mol. The van der Waals surface area contributed by atoms with Crippen LogP contribution in [0, 0.1) is 0 Å². The van der Waals surface area contributed by atoms with E-state index in [9.17, 15) is 9.90 Å². The molecule has 0 aromatic heterocycles. The van der Waals surface area contributed by atoms with Gasteiger partial charge in [-0.15, -0.1) is 24.8 Å². The first-order valence-corrected chi connectivity index (χ1v) is 8.70. The SMILES string of the molecule is Cl.Cl.O=C(NCC(c1cccc(Cl)c1)N1CCCC1)C1CC(O)CN1. The fraction of sp³-hybridized carbons (Fsp3) is 0.588. The number of β-amino-alcohol motifs (C(OH)–C–C–N with tert-alkyl or cyclic N) is 1. The first-order valence-electron chi connectivity index (χ1n) is 8.32. The number of hydrogen-bond acceptors (Lipinski definition) is 4. The van der Waals surface area contributed by atoms with Crippen molar-refractivity contribution >= 4 is 42.3 Å². The topological polar surface area (TPSA) is 64.6 Å². The van der Waals surface area contributed by atoms with Crippen LogP contribution in [0.2, 0.25) is 5.02 Å². The lowest BCUT2D eigenvalue weighted by Crippen LogP contribution is -2.44. The Hall–Kier alpha value is -0.560. The van der Waals surface area contributed by atoms with Gasteiger partial charge in [-0.1, -0.05) is 23.7 Å². The van der Waals surface area contributed by atoms with Gasteiger partial charge >= 0.3 is 0 Å². The maximum atomic E-state index is 12.3. The Balaban J connectivity index is 0.00000156. The van der Waals surface area contributed by atoms with Gasteiger partial charge in [0.05, 0.1) is 18.2 Å². The van der Waals surface area contributed by atoms with Crippen molar-refractivity contribution < 1.29 is 9.90 Å². The Morgan fingerprint density at radius 3 is 2.68 bits per heavy atom. The predicted octanol–water partition coefficient (Wildman–Crippen LogP) is 2.16. The minimum absolute atomic E-state index is 0. The maximum absolute atomic E-state index is 12.3. The molecule has 5 nitrogen and oxygen atoms in total. The van der Waals surface area contributed by atoms with E-state index in [4.69, 9.17) is 11.6 Å². The van der Waals surface area contributed by atoms with Crippen molar-refractivity contribution in [3.63, 3.8) is 0 Å². The van der Waals surface area contributed by atoms with E-state index in [1.807, 2.05) is 18.2 Å². The molecule has 0 saturated carbocycles. The van der Waals surface area contributed by atoms with E-state index in [1.165, 1.54) is 12.8 Å². The minimum Gasteiger partial charge on any atom is -0.392 e. The maximum Gasteiger partial charge on any atom is 0.237 e. The van der Waals surface area contributed by atoms with Crippen LogP contribution in [-0.2, 0) is 4.79 Å². The van der Waals surface area contributed by atoms with E-state index >= 15 is 0 Å². The highest BCUT2D eigenvalue weighted by molar-refractivity contribution is 6.30. The first kappa shape index (κ1) is 22.5. The standard InChI is InChI=1S/C17H24ClN3O2.2ClH/c18-13-5-3-4-12(8-13)16(21-6-1-2-7-21)11-20-17(23)15-9-14(22)10-19-15;;/h3-5,8,14-16,19,22H,1-2,6-7,9-11H2,(H,20,23);2*1H. The Morgan fingerprint density at radius 2 is 2.08 bits per heavy atom. The van der Waals surface area contributed by atoms with Crippen molar-refractivity contribution in [3.8, 4) is 0 Å². The number of hydrogen-bond donors (Lipinski definition) is 3. The number of nitrogens with one attached hydrogen (secondary N) is 2. The van der Waals surface area contributed by atoms with Gasteiger partial charge in [-0.05, 0) is 50.0 Å². The van der Waals surface area contributed by atoms with Crippen LogP contribution < -0.4 is 10.6 Å². The molecule has 3 unspecified atom stereocenters. The second-order valence-electron chi connectivity index (χ2n) is 6.41. The number of aliphatic hydroxyl groups is 1. The van der Waals surface area contributed by atoms with Gasteiger partial charge in [-0.2, -0.15) is 0 Å². The summed E-state index contributed by atoms with van der Waals surface area (Å²) >= 11 is 6.13. The summed E-state index contributed by atoms with van der Waals surface area (Å²) in [6.07, 6.45) is 2.45. The highest BCUT2D eigenvalue weighted by atomic mass is 35.5. The number of benzene rings is 1. The fourth-order valence-electron chi connectivity index (χ4n) is 3.46. The molecule has 1 aromatic carbocycles. The molecule has 2 saturated heterocycles. The van der Waals surface area contributed by atoms with Gasteiger partial charge in [-0.3, -0.25) is 9.69 Å². The fourth-order valence-corrected chi connectivity index (χ4v) is 3.66. The van der Waals surface area contributed by atoms with Crippen molar-refractivity contribution in [2.45, 2.75) is 37.5 Å². The van der Waals surface area contributed by atoms with Crippen LogP contribution in [0.4, 0.5) is 0 Å². The third kappa shape index (κ3) is 5.98. The number of aliphatic hydroxyl groups excluding tert-OH is 1. The number of carbonyl (C=O) groups is 1. The van der Waals surface area contributed by atoms with Crippen molar-refractivity contribution in [2.75, 3.05) is 26.2 Å². The molecule has 25 heavy (non-hydrogen) atoms. The molecule has 3 atom stereocenters. The summed E-state index contributed by atoms with van der Waals surface area (Å²) in [5.41, 5.74) is 1.14. The molecule has 2 fully saturated rings. The monoisotopic (exact) mass is 409 g/mol. The van der Waals surface area contributed by atoms with Gasteiger partial charge < -0.3 is 15.7 Å². The zero-order chi connectivity index (χ0) is 16.2. The molecule has 8 heteroatoms. The molecule has 2 aliphatic heterocycles. The van der Waals surface area contributed by atoms with Crippen LogP contribution in [0.1, 0.15) is 30.9 Å². The minimum atomic E-state index is -0.423. The molecule has 1 amide bonds. The molecule has 0 aliphatic carbocycles. The molecule has 2 aliphatic rings.